The number of piperidine rings is 1. The van der Waals surface area contributed by atoms with Gasteiger partial charge in [0.2, 0.25) is 0 Å². The minimum atomic E-state index is -0.697. The number of aromatic nitrogens is 3. The smallest absolute Gasteiger partial charge is 0.254 e. The summed E-state index contributed by atoms with van der Waals surface area (Å²) in [6, 6.07) is 1.83. The van der Waals surface area contributed by atoms with Crippen molar-refractivity contribution in [3.8, 4) is 0 Å². The van der Waals surface area contributed by atoms with Gasteiger partial charge in [0.05, 0.1) is 29.4 Å². The lowest BCUT2D eigenvalue weighted by Gasteiger charge is -2.34. The van der Waals surface area contributed by atoms with Crippen LogP contribution in [0, 0.1) is 19.8 Å². The van der Waals surface area contributed by atoms with Gasteiger partial charge in [-0.15, -0.1) is 0 Å². The maximum atomic E-state index is 13.0. The number of aliphatic hydroxyl groups excluding tert-OH is 2. The highest BCUT2D eigenvalue weighted by atomic mass is 16.3. The fourth-order valence-electron chi connectivity index (χ4n) is 3.55. The second-order valence-electron chi connectivity index (χ2n) is 6.60. The van der Waals surface area contributed by atoms with Crippen LogP contribution in [-0.2, 0) is 7.05 Å². The van der Waals surface area contributed by atoms with E-state index in [-0.39, 0.29) is 18.4 Å². The van der Waals surface area contributed by atoms with E-state index in [1.807, 2.05) is 31.9 Å². The number of nitrogens with zero attached hydrogens (tertiary/aromatic N) is 4. The van der Waals surface area contributed by atoms with Crippen LogP contribution in [0.25, 0.3) is 11.0 Å². The molecule has 1 atom stereocenters. The zero-order chi connectivity index (χ0) is 17.4. The van der Waals surface area contributed by atoms with E-state index in [2.05, 4.69) is 10.1 Å². The molecule has 1 fully saturated rings. The molecule has 130 valence electrons. The van der Waals surface area contributed by atoms with Gasteiger partial charge in [0.25, 0.3) is 5.91 Å². The molecule has 1 aliphatic rings. The van der Waals surface area contributed by atoms with E-state index in [0.29, 0.717) is 31.5 Å². The Morgan fingerprint density at radius 3 is 2.67 bits per heavy atom. The molecule has 7 nitrogen and oxygen atoms in total. The molecule has 0 saturated carbocycles. The first-order valence-corrected chi connectivity index (χ1v) is 8.31. The number of hydrogen-bond acceptors (Lipinski definition) is 5. The quantitative estimate of drug-likeness (QED) is 0.867. The van der Waals surface area contributed by atoms with E-state index >= 15 is 0 Å². The maximum absolute atomic E-state index is 13.0. The predicted molar refractivity (Wildman–Crippen MR) is 89.7 cm³/mol. The van der Waals surface area contributed by atoms with Gasteiger partial charge in [0.1, 0.15) is 0 Å². The van der Waals surface area contributed by atoms with Crippen LogP contribution in [0.2, 0.25) is 0 Å². The van der Waals surface area contributed by atoms with Crippen molar-refractivity contribution in [2.45, 2.75) is 32.8 Å². The Morgan fingerprint density at radius 1 is 1.38 bits per heavy atom. The van der Waals surface area contributed by atoms with Crippen LogP contribution in [0.15, 0.2) is 6.07 Å². The van der Waals surface area contributed by atoms with E-state index in [1.54, 1.807) is 4.68 Å². The van der Waals surface area contributed by atoms with Gasteiger partial charge in [-0.25, -0.2) is 4.98 Å². The molecule has 0 bridgehead atoms. The Kier molecular flexibility index (Phi) is 4.56. The van der Waals surface area contributed by atoms with Crippen molar-refractivity contribution in [1.82, 2.24) is 19.7 Å². The number of fused-ring (bicyclic) bond motifs is 1. The summed E-state index contributed by atoms with van der Waals surface area (Å²) in [5, 5.41) is 24.0. The molecule has 1 saturated heterocycles. The Labute approximate surface area is 140 Å². The molecular formula is C17H24N4O3. The normalized spacial score (nSPS) is 17.5. The fraction of sp³-hybridized carbons (Fsp3) is 0.588. The molecule has 0 radical (unpaired) electrons. The van der Waals surface area contributed by atoms with Gasteiger partial charge in [-0.2, -0.15) is 5.10 Å². The number of carbonyl (C=O) groups is 1. The van der Waals surface area contributed by atoms with E-state index in [9.17, 15) is 9.90 Å². The summed E-state index contributed by atoms with van der Waals surface area (Å²) in [5.74, 6) is 0.0388. The minimum Gasteiger partial charge on any atom is -0.394 e. The SMILES string of the molecule is Cc1cc(C(=O)N2CCC(C(O)CO)CC2)c2c(C)nn(C)c2n1. The second kappa shape index (κ2) is 6.49. The summed E-state index contributed by atoms with van der Waals surface area (Å²) in [6.45, 7) is 4.71. The molecule has 0 aliphatic carbocycles. The Morgan fingerprint density at radius 2 is 2.04 bits per heavy atom. The van der Waals surface area contributed by atoms with Gasteiger partial charge in [0.15, 0.2) is 5.65 Å². The molecule has 7 heteroatoms. The third kappa shape index (κ3) is 2.89. The molecule has 1 aliphatic heterocycles. The molecule has 1 amide bonds. The van der Waals surface area contributed by atoms with Gasteiger partial charge in [-0.3, -0.25) is 9.48 Å². The predicted octanol–water partition coefficient (Wildman–Crippen LogP) is 0.791. The van der Waals surface area contributed by atoms with Gasteiger partial charge < -0.3 is 15.1 Å². The Bertz CT molecular complexity index is 763. The van der Waals surface area contributed by atoms with Crippen LogP contribution in [0.5, 0.6) is 0 Å². The zero-order valence-electron chi connectivity index (χ0n) is 14.4. The maximum Gasteiger partial charge on any atom is 0.254 e. The van der Waals surface area contributed by atoms with Crippen LogP contribution >= 0.6 is 0 Å². The van der Waals surface area contributed by atoms with Crippen molar-refractivity contribution in [2.75, 3.05) is 19.7 Å². The highest BCUT2D eigenvalue weighted by Crippen LogP contribution is 2.26. The number of aliphatic hydroxyl groups is 2. The number of rotatable bonds is 3. The average molecular weight is 332 g/mol. The molecule has 2 N–H and O–H groups in total. The van der Waals surface area contributed by atoms with Gasteiger partial charge >= 0.3 is 0 Å². The van der Waals surface area contributed by atoms with Crippen LogP contribution in [0.1, 0.15) is 34.6 Å². The van der Waals surface area contributed by atoms with Gasteiger partial charge in [-0.1, -0.05) is 0 Å². The monoisotopic (exact) mass is 332 g/mol. The first kappa shape index (κ1) is 16.9. The molecular weight excluding hydrogens is 308 g/mol. The second-order valence-corrected chi connectivity index (χ2v) is 6.60. The van der Waals surface area contributed by atoms with E-state index < -0.39 is 6.10 Å². The van der Waals surface area contributed by atoms with Crippen molar-refractivity contribution in [1.29, 1.82) is 0 Å². The van der Waals surface area contributed by atoms with Crippen LogP contribution in [0.3, 0.4) is 0 Å². The molecule has 2 aromatic heterocycles. The number of amides is 1. The number of hydrogen-bond donors (Lipinski definition) is 2. The van der Waals surface area contributed by atoms with Crippen molar-refractivity contribution in [3.05, 3.63) is 23.0 Å². The highest BCUT2D eigenvalue weighted by molar-refractivity contribution is 6.06. The lowest BCUT2D eigenvalue weighted by molar-refractivity contribution is 0.0179. The first-order chi connectivity index (χ1) is 11.4. The van der Waals surface area contributed by atoms with Crippen LogP contribution < -0.4 is 0 Å². The third-order valence-electron chi connectivity index (χ3n) is 4.89. The van der Waals surface area contributed by atoms with Crippen molar-refractivity contribution in [3.63, 3.8) is 0 Å². The molecule has 1 unspecified atom stereocenters. The lowest BCUT2D eigenvalue weighted by Crippen LogP contribution is -2.42. The first-order valence-electron chi connectivity index (χ1n) is 8.31. The molecule has 0 spiro atoms. The topological polar surface area (TPSA) is 91.5 Å². The summed E-state index contributed by atoms with van der Waals surface area (Å²) in [7, 11) is 1.83. The average Bonchev–Trinajstić information content (AvgIpc) is 2.87. The Hall–Kier alpha value is -1.99. The standard InChI is InChI=1S/C17H24N4O3/c1-10-8-13(15-11(2)19-20(3)16(15)18-10)17(24)21-6-4-12(5-7-21)14(23)9-22/h8,12,14,22-23H,4-7,9H2,1-3H3. The summed E-state index contributed by atoms with van der Waals surface area (Å²) >= 11 is 0. The number of carbonyl (C=O) groups excluding carboxylic acids is 1. The Balaban J connectivity index is 1.88. The molecule has 24 heavy (non-hydrogen) atoms. The largest absolute Gasteiger partial charge is 0.394 e. The van der Waals surface area contributed by atoms with E-state index in [4.69, 9.17) is 5.11 Å². The molecule has 2 aromatic rings. The van der Waals surface area contributed by atoms with E-state index in [0.717, 1.165) is 22.4 Å². The van der Waals surface area contributed by atoms with Crippen molar-refractivity contribution < 1.29 is 15.0 Å². The third-order valence-corrected chi connectivity index (χ3v) is 4.89. The lowest BCUT2D eigenvalue weighted by atomic mass is 9.91. The van der Waals surface area contributed by atoms with Crippen molar-refractivity contribution in [2.24, 2.45) is 13.0 Å². The van der Waals surface area contributed by atoms with Crippen LogP contribution in [-0.4, -0.2) is 61.6 Å². The summed E-state index contributed by atoms with van der Waals surface area (Å²) < 4.78 is 1.71. The van der Waals surface area contributed by atoms with Gasteiger partial charge in [-0.05, 0) is 38.7 Å². The fourth-order valence-corrected chi connectivity index (χ4v) is 3.55. The highest BCUT2D eigenvalue weighted by Gasteiger charge is 2.29. The number of likely N-dealkylation sites (tertiary alicyclic amines) is 1. The molecule has 3 heterocycles. The summed E-state index contributed by atoms with van der Waals surface area (Å²) in [6.07, 6.45) is 0.706. The summed E-state index contributed by atoms with van der Waals surface area (Å²) in [4.78, 5) is 19.3. The van der Waals surface area contributed by atoms with E-state index in [1.165, 1.54) is 0 Å². The van der Waals surface area contributed by atoms with Gasteiger partial charge in [0, 0.05) is 25.8 Å². The number of pyridine rings is 1. The van der Waals surface area contributed by atoms with Crippen LogP contribution in [0.4, 0.5) is 0 Å². The summed E-state index contributed by atoms with van der Waals surface area (Å²) in [5.41, 5.74) is 2.96. The number of aryl methyl sites for hydroxylation is 3. The molecule has 0 aromatic carbocycles. The van der Waals surface area contributed by atoms with Crippen molar-refractivity contribution >= 4 is 16.9 Å². The minimum absolute atomic E-state index is 0.0152. The zero-order valence-corrected chi connectivity index (χ0v) is 14.4. The molecule has 3 rings (SSSR count).